The van der Waals surface area contributed by atoms with Crippen molar-refractivity contribution in [1.29, 1.82) is 0 Å². The zero-order chi connectivity index (χ0) is 13.9. The molecule has 0 radical (unpaired) electrons. The van der Waals surface area contributed by atoms with Gasteiger partial charge in [-0.2, -0.15) is 0 Å². The van der Waals surface area contributed by atoms with Crippen LogP contribution < -0.4 is 4.72 Å². The predicted molar refractivity (Wildman–Crippen MR) is 79.4 cm³/mol. The van der Waals surface area contributed by atoms with Crippen molar-refractivity contribution >= 4 is 32.7 Å². The summed E-state index contributed by atoms with van der Waals surface area (Å²) in [7, 11) is -3.36. The maximum Gasteiger partial charge on any atom is 0.250 e. The maximum atomic E-state index is 12.1. The summed E-state index contributed by atoms with van der Waals surface area (Å²) in [6.07, 6.45) is 1.54. The number of nitrogens with one attached hydrogen (secondary N) is 1. The largest absolute Gasteiger partial charge is 0.250 e. The number of sulfonamides is 1. The van der Waals surface area contributed by atoms with Crippen LogP contribution >= 0.6 is 22.7 Å². The van der Waals surface area contributed by atoms with Crippen molar-refractivity contribution in [3.05, 3.63) is 33.1 Å². The second-order valence-corrected chi connectivity index (χ2v) is 8.18. The SMILES string of the molecule is CCc1ccc(S(=O)(=O)NCCc2scnc2C)s1. The Morgan fingerprint density at radius 2 is 2.16 bits per heavy atom. The molecule has 4 nitrogen and oxygen atoms in total. The normalized spacial score (nSPS) is 11.9. The highest BCUT2D eigenvalue weighted by Gasteiger charge is 2.16. The fourth-order valence-corrected chi connectivity index (χ4v) is 4.78. The maximum absolute atomic E-state index is 12.1. The highest BCUT2D eigenvalue weighted by molar-refractivity contribution is 7.91. The Balaban J connectivity index is 1.96. The van der Waals surface area contributed by atoms with Crippen LogP contribution in [0.5, 0.6) is 0 Å². The number of nitrogens with zero attached hydrogens (tertiary/aromatic N) is 1. The summed E-state index contributed by atoms with van der Waals surface area (Å²) < 4.78 is 27.2. The minimum absolute atomic E-state index is 0.394. The van der Waals surface area contributed by atoms with Crippen molar-refractivity contribution in [2.24, 2.45) is 0 Å². The molecule has 104 valence electrons. The molecule has 0 amide bonds. The van der Waals surface area contributed by atoms with Gasteiger partial charge in [0.15, 0.2) is 0 Å². The summed E-state index contributed by atoms with van der Waals surface area (Å²) >= 11 is 2.89. The van der Waals surface area contributed by atoms with Crippen LogP contribution in [-0.2, 0) is 22.9 Å². The zero-order valence-corrected chi connectivity index (χ0v) is 13.3. The third-order valence-electron chi connectivity index (χ3n) is 2.74. The van der Waals surface area contributed by atoms with E-state index in [4.69, 9.17) is 0 Å². The van der Waals surface area contributed by atoms with E-state index in [1.54, 1.807) is 22.9 Å². The lowest BCUT2D eigenvalue weighted by atomic mass is 10.3. The Morgan fingerprint density at radius 3 is 2.74 bits per heavy atom. The van der Waals surface area contributed by atoms with Crippen LogP contribution in [0.25, 0.3) is 0 Å². The molecule has 0 aromatic carbocycles. The van der Waals surface area contributed by atoms with Gasteiger partial charge >= 0.3 is 0 Å². The Morgan fingerprint density at radius 1 is 1.37 bits per heavy atom. The Kier molecular flexibility index (Phi) is 4.72. The first-order valence-corrected chi connectivity index (χ1v) is 9.18. The number of thiophene rings is 1. The molecule has 0 atom stereocenters. The van der Waals surface area contributed by atoms with Gasteiger partial charge in [0, 0.05) is 16.3 Å². The molecule has 0 saturated carbocycles. The smallest absolute Gasteiger partial charge is 0.250 e. The number of hydrogen-bond donors (Lipinski definition) is 1. The first-order valence-electron chi connectivity index (χ1n) is 6.00. The molecule has 2 aromatic heterocycles. The van der Waals surface area contributed by atoms with E-state index >= 15 is 0 Å². The van der Waals surface area contributed by atoms with Crippen molar-refractivity contribution in [2.45, 2.75) is 30.9 Å². The van der Waals surface area contributed by atoms with E-state index in [1.165, 1.54) is 11.3 Å². The summed E-state index contributed by atoms with van der Waals surface area (Å²) in [4.78, 5) is 6.36. The van der Waals surface area contributed by atoms with Crippen LogP contribution in [0.4, 0.5) is 0 Å². The van der Waals surface area contributed by atoms with Gasteiger partial charge in [0.2, 0.25) is 10.0 Å². The van der Waals surface area contributed by atoms with E-state index in [2.05, 4.69) is 9.71 Å². The predicted octanol–water partition coefficient (Wildman–Crippen LogP) is 2.60. The minimum atomic E-state index is -3.36. The molecule has 2 heterocycles. The van der Waals surface area contributed by atoms with Crippen molar-refractivity contribution in [3.8, 4) is 0 Å². The van der Waals surface area contributed by atoms with E-state index in [9.17, 15) is 8.42 Å². The first-order chi connectivity index (χ1) is 9.03. The van der Waals surface area contributed by atoms with Gasteiger partial charge in [0.1, 0.15) is 4.21 Å². The summed E-state index contributed by atoms with van der Waals surface area (Å²) in [5.74, 6) is 0. The van der Waals surface area contributed by atoms with Crippen LogP contribution in [0.1, 0.15) is 22.4 Å². The molecule has 0 aliphatic heterocycles. The highest BCUT2D eigenvalue weighted by Crippen LogP contribution is 2.21. The van der Waals surface area contributed by atoms with Gasteiger partial charge in [-0.15, -0.1) is 22.7 Å². The van der Waals surface area contributed by atoms with Crippen LogP contribution in [0, 0.1) is 6.92 Å². The lowest BCUT2D eigenvalue weighted by molar-refractivity contribution is 0.584. The van der Waals surface area contributed by atoms with Crippen LogP contribution in [0.3, 0.4) is 0 Å². The van der Waals surface area contributed by atoms with Gasteiger partial charge in [-0.3, -0.25) is 0 Å². The molecule has 1 N–H and O–H groups in total. The zero-order valence-electron chi connectivity index (χ0n) is 10.8. The summed E-state index contributed by atoms with van der Waals surface area (Å²) in [6.45, 7) is 4.36. The van der Waals surface area contributed by atoms with Crippen LogP contribution in [0.15, 0.2) is 21.9 Å². The molecule has 0 unspecified atom stereocenters. The van der Waals surface area contributed by atoms with Gasteiger partial charge in [0.25, 0.3) is 0 Å². The second-order valence-electron chi connectivity index (χ2n) is 4.08. The van der Waals surface area contributed by atoms with Gasteiger partial charge in [-0.1, -0.05) is 6.92 Å². The molecule has 0 bridgehead atoms. The molecule has 2 rings (SSSR count). The number of rotatable bonds is 6. The molecule has 0 fully saturated rings. The quantitative estimate of drug-likeness (QED) is 0.891. The number of aryl methyl sites for hydroxylation is 2. The molecule has 19 heavy (non-hydrogen) atoms. The number of aromatic nitrogens is 1. The molecular weight excluding hydrogens is 300 g/mol. The molecule has 0 saturated heterocycles. The van der Waals surface area contributed by atoms with Crippen LogP contribution in [0.2, 0.25) is 0 Å². The number of thiazole rings is 1. The Hall–Kier alpha value is -0.760. The van der Waals surface area contributed by atoms with E-state index in [0.29, 0.717) is 17.2 Å². The fraction of sp³-hybridized carbons (Fsp3) is 0.417. The standard InChI is InChI=1S/C12H16N2O2S3/c1-3-10-4-5-12(18-10)19(15,16)14-7-6-11-9(2)13-8-17-11/h4-5,8,14H,3,6-7H2,1-2H3. The summed E-state index contributed by atoms with van der Waals surface area (Å²) in [5.41, 5.74) is 2.76. The summed E-state index contributed by atoms with van der Waals surface area (Å²) in [5, 5.41) is 0. The van der Waals surface area contributed by atoms with Gasteiger partial charge in [-0.05, 0) is 31.9 Å². The van der Waals surface area contributed by atoms with Gasteiger partial charge in [0.05, 0.1) is 11.2 Å². The van der Waals surface area contributed by atoms with E-state index in [1.807, 2.05) is 19.9 Å². The lowest BCUT2D eigenvalue weighted by Crippen LogP contribution is -2.25. The summed E-state index contributed by atoms with van der Waals surface area (Å²) in [6, 6.07) is 3.54. The van der Waals surface area contributed by atoms with E-state index < -0.39 is 10.0 Å². The third kappa shape index (κ3) is 3.62. The average molecular weight is 316 g/mol. The van der Waals surface area contributed by atoms with Crippen molar-refractivity contribution in [2.75, 3.05) is 6.54 Å². The fourth-order valence-electron chi connectivity index (χ4n) is 1.63. The van der Waals surface area contributed by atoms with E-state index in [-0.39, 0.29) is 0 Å². The average Bonchev–Trinajstić information content (AvgIpc) is 2.99. The molecular formula is C12H16N2O2S3. The van der Waals surface area contributed by atoms with Gasteiger partial charge in [-0.25, -0.2) is 18.1 Å². The van der Waals surface area contributed by atoms with E-state index in [0.717, 1.165) is 21.9 Å². The Bertz CT molecular complexity index is 643. The minimum Gasteiger partial charge on any atom is -0.250 e. The molecule has 7 heteroatoms. The molecule has 2 aromatic rings. The molecule has 0 spiro atoms. The second kappa shape index (κ2) is 6.13. The monoisotopic (exact) mass is 316 g/mol. The van der Waals surface area contributed by atoms with Crippen molar-refractivity contribution in [1.82, 2.24) is 9.71 Å². The first kappa shape index (κ1) is 14.6. The number of hydrogen-bond acceptors (Lipinski definition) is 5. The molecule has 0 aliphatic carbocycles. The third-order valence-corrected chi connectivity index (χ3v) is 6.92. The Labute approximate surface area is 121 Å². The topological polar surface area (TPSA) is 59.1 Å². The molecule has 0 aliphatic rings. The lowest BCUT2D eigenvalue weighted by Gasteiger charge is -2.03. The van der Waals surface area contributed by atoms with Crippen molar-refractivity contribution in [3.63, 3.8) is 0 Å². The van der Waals surface area contributed by atoms with Gasteiger partial charge < -0.3 is 0 Å². The van der Waals surface area contributed by atoms with Crippen LogP contribution in [-0.4, -0.2) is 19.9 Å². The highest BCUT2D eigenvalue weighted by atomic mass is 32.2. The van der Waals surface area contributed by atoms with Crippen molar-refractivity contribution < 1.29 is 8.42 Å².